The van der Waals surface area contributed by atoms with Crippen LogP contribution in [0.25, 0.3) is 0 Å². The molecule has 166 valence electrons. The summed E-state index contributed by atoms with van der Waals surface area (Å²) in [6.07, 6.45) is 12.2. The van der Waals surface area contributed by atoms with Crippen LogP contribution < -0.4 is 0 Å². The highest BCUT2D eigenvalue weighted by Crippen LogP contribution is 2.60. The highest BCUT2D eigenvalue weighted by molar-refractivity contribution is 5.20. The van der Waals surface area contributed by atoms with Gasteiger partial charge in [0, 0.05) is 0 Å². The molecule has 0 bridgehead atoms. The Bertz CT molecular complexity index is 602. The van der Waals surface area contributed by atoms with Crippen molar-refractivity contribution in [1.82, 2.24) is 0 Å². The Kier molecular flexibility index (Phi) is 7.03. The summed E-state index contributed by atoms with van der Waals surface area (Å²) in [6.45, 7) is 12.6. The third-order valence-corrected chi connectivity index (χ3v) is 8.62. The lowest BCUT2D eigenvalue weighted by atomic mass is 9.60. The number of aliphatic hydroxyl groups excluding tert-OH is 2. The van der Waals surface area contributed by atoms with Crippen molar-refractivity contribution in [2.45, 2.75) is 110 Å². The van der Waals surface area contributed by atoms with Crippen LogP contribution in [0, 0.1) is 29.1 Å². The first-order valence-electron chi connectivity index (χ1n) is 12.0. The standard InChI is InChI=1S/C26H44O3/c1-17(12-14-25(3,4)29)21-10-11-22-20(7-6-13-26(21,22)5)9-8-19-15-23(27)18(2)24(28)16-19/h9,17,19,21-24,27-29H,2,6-8,10-16H2,1,3-5H3/b20-9+/t17-,21-,22+,23-,24-,26-/m1/s1. The molecular weight excluding hydrogens is 360 g/mol. The second-order valence-electron chi connectivity index (χ2n) is 11.4. The molecule has 3 aliphatic rings. The average Bonchev–Trinajstić information content (AvgIpc) is 2.99. The van der Waals surface area contributed by atoms with Gasteiger partial charge in [-0.3, -0.25) is 0 Å². The largest absolute Gasteiger partial charge is 0.390 e. The molecule has 0 saturated heterocycles. The molecule has 3 nitrogen and oxygen atoms in total. The molecular formula is C26H44O3. The van der Waals surface area contributed by atoms with Crippen molar-refractivity contribution in [3.63, 3.8) is 0 Å². The van der Waals surface area contributed by atoms with Crippen molar-refractivity contribution < 1.29 is 15.3 Å². The van der Waals surface area contributed by atoms with E-state index in [9.17, 15) is 15.3 Å². The molecule has 3 saturated carbocycles. The predicted octanol–water partition coefficient (Wildman–Crippen LogP) is 5.39. The van der Waals surface area contributed by atoms with Crippen molar-refractivity contribution >= 4 is 0 Å². The lowest BCUT2D eigenvalue weighted by molar-refractivity contribution is 0.0460. The van der Waals surface area contributed by atoms with E-state index in [2.05, 4.69) is 26.5 Å². The Labute approximate surface area is 178 Å². The number of hydrogen-bond donors (Lipinski definition) is 3. The molecule has 0 unspecified atom stereocenters. The fraction of sp³-hybridized carbons (Fsp3) is 0.846. The maximum Gasteiger partial charge on any atom is 0.0775 e. The predicted molar refractivity (Wildman–Crippen MR) is 119 cm³/mol. The maximum absolute atomic E-state index is 10.2. The number of aliphatic hydroxyl groups is 3. The van der Waals surface area contributed by atoms with Gasteiger partial charge in [-0.25, -0.2) is 0 Å². The molecule has 3 heteroatoms. The van der Waals surface area contributed by atoms with E-state index in [4.69, 9.17) is 0 Å². The summed E-state index contributed by atoms with van der Waals surface area (Å²) in [7, 11) is 0. The first kappa shape index (κ1) is 23.0. The molecule has 3 rings (SSSR count). The van der Waals surface area contributed by atoms with E-state index in [0.29, 0.717) is 28.7 Å². The topological polar surface area (TPSA) is 60.7 Å². The third kappa shape index (κ3) is 5.17. The van der Waals surface area contributed by atoms with Gasteiger partial charge < -0.3 is 15.3 Å². The van der Waals surface area contributed by atoms with E-state index < -0.39 is 17.8 Å². The molecule has 0 heterocycles. The lowest BCUT2D eigenvalue weighted by Crippen LogP contribution is -2.36. The molecule has 0 amide bonds. The minimum absolute atomic E-state index is 0.356. The van der Waals surface area contributed by atoms with Crippen molar-refractivity contribution in [2.75, 3.05) is 0 Å². The highest BCUT2D eigenvalue weighted by Gasteiger charge is 2.50. The van der Waals surface area contributed by atoms with Crippen LogP contribution in [0.15, 0.2) is 23.8 Å². The van der Waals surface area contributed by atoms with Crippen molar-refractivity contribution in [3.05, 3.63) is 23.8 Å². The number of rotatable bonds is 6. The fourth-order valence-corrected chi connectivity index (χ4v) is 6.80. The number of fused-ring (bicyclic) bond motifs is 1. The van der Waals surface area contributed by atoms with Gasteiger partial charge in [0.2, 0.25) is 0 Å². The third-order valence-electron chi connectivity index (χ3n) is 8.62. The second-order valence-corrected chi connectivity index (χ2v) is 11.4. The van der Waals surface area contributed by atoms with Gasteiger partial charge in [-0.05, 0) is 113 Å². The van der Waals surface area contributed by atoms with Crippen LogP contribution in [-0.4, -0.2) is 33.1 Å². The molecule has 0 aromatic rings. The minimum Gasteiger partial charge on any atom is -0.390 e. The van der Waals surface area contributed by atoms with Crippen LogP contribution in [-0.2, 0) is 0 Å². The summed E-state index contributed by atoms with van der Waals surface area (Å²) in [5.74, 6) is 2.46. The summed E-state index contributed by atoms with van der Waals surface area (Å²) in [5, 5.41) is 30.4. The zero-order chi connectivity index (χ0) is 21.4. The molecule has 3 aliphatic carbocycles. The van der Waals surface area contributed by atoms with Crippen LogP contribution >= 0.6 is 0 Å². The molecule has 0 aromatic heterocycles. The van der Waals surface area contributed by atoms with E-state index in [-0.39, 0.29) is 0 Å². The summed E-state index contributed by atoms with van der Waals surface area (Å²) in [6, 6.07) is 0. The van der Waals surface area contributed by atoms with E-state index in [1.165, 1.54) is 32.1 Å². The molecule has 0 radical (unpaired) electrons. The monoisotopic (exact) mass is 404 g/mol. The number of allylic oxidation sites excluding steroid dienone is 2. The second kappa shape index (κ2) is 8.85. The van der Waals surface area contributed by atoms with Gasteiger partial charge in [0.05, 0.1) is 17.8 Å². The Hall–Kier alpha value is -0.640. The minimum atomic E-state index is -0.564. The Morgan fingerprint density at radius 1 is 1.21 bits per heavy atom. The first-order chi connectivity index (χ1) is 13.5. The van der Waals surface area contributed by atoms with Crippen LogP contribution in [0.4, 0.5) is 0 Å². The summed E-state index contributed by atoms with van der Waals surface area (Å²) in [4.78, 5) is 0. The Morgan fingerprint density at radius 3 is 2.48 bits per heavy atom. The fourth-order valence-electron chi connectivity index (χ4n) is 6.80. The molecule has 0 spiro atoms. The van der Waals surface area contributed by atoms with Crippen LogP contribution in [0.1, 0.15) is 91.9 Å². The molecule has 0 aliphatic heterocycles. The van der Waals surface area contributed by atoms with Crippen molar-refractivity contribution in [2.24, 2.45) is 29.1 Å². The van der Waals surface area contributed by atoms with Gasteiger partial charge in [-0.1, -0.05) is 32.1 Å². The summed E-state index contributed by atoms with van der Waals surface area (Å²) in [5.41, 5.74) is 2.07. The molecule has 0 aromatic carbocycles. The summed E-state index contributed by atoms with van der Waals surface area (Å²) < 4.78 is 0. The molecule has 6 atom stereocenters. The highest BCUT2D eigenvalue weighted by atomic mass is 16.3. The van der Waals surface area contributed by atoms with Crippen molar-refractivity contribution in [1.29, 1.82) is 0 Å². The van der Waals surface area contributed by atoms with E-state index >= 15 is 0 Å². The van der Waals surface area contributed by atoms with Gasteiger partial charge in [0.1, 0.15) is 0 Å². The Morgan fingerprint density at radius 2 is 1.86 bits per heavy atom. The zero-order valence-electron chi connectivity index (χ0n) is 19.2. The normalized spacial score (nSPS) is 40.9. The smallest absolute Gasteiger partial charge is 0.0775 e. The van der Waals surface area contributed by atoms with Gasteiger partial charge in [-0.15, -0.1) is 0 Å². The van der Waals surface area contributed by atoms with Crippen LogP contribution in [0.2, 0.25) is 0 Å². The summed E-state index contributed by atoms with van der Waals surface area (Å²) >= 11 is 0. The Balaban J connectivity index is 1.65. The number of hydrogen-bond acceptors (Lipinski definition) is 3. The lowest BCUT2D eigenvalue weighted by Gasteiger charge is -2.45. The van der Waals surface area contributed by atoms with Crippen molar-refractivity contribution in [3.8, 4) is 0 Å². The van der Waals surface area contributed by atoms with Gasteiger partial charge in [0.15, 0.2) is 0 Å². The SMILES string of the molecule is C=C1[C@H](O)CC(C/C=C2\CCC[C@]3(C)[C@@H]([C@H](C)CCC(C)(C)O)CC[C@@H]23)C[C@H]1O. The van der Waals surface area contributed by atoms with Gasteiger partial charge in [0.25, 0.3) is 0 Å². The van der Waals surface area contributed by atoms with Crippen LogP contribution in [0.5, 0.6) is 0 Å². The zero-order valence-corrected chi connectivity index (χ0v) is 19.2. The molecule has 3 N–H and O–H groups in total. The van der Waals surface area contributed by atoms with Gasteiger partial charge >= 0.3 is 0 Å². The van der Waals surface area contributed by atoms with E-state index in [1.807, 2.05) is 13.8 Å². The maximum atomic E-state index is 10.2. The van der Waals surface area contributed by atoms with Gasteiger partial charge in [-0.2, -0.15) is 0 Å². The average molecular weight is 405 g/mol. The first-order valence-corrected chi connectivity index (χ1v) is 12.0. The molecule has 3 fully saturated rings. The van der Waals surface area contributed by atoms with Crippen LogP contribution in [0.3, 0.4) is 0 Å². The quantitative estimate of drug-likeness (QED) is 0.520. The van der Waals surface area contributed by atoms with E-state index in [0.717, 1.165) is 38.0 Å². The molecule has 29 heavy (non-hydrogen) atoms. The van der Waals surface area contributed by atoms with E-state index in [1.54, 1.807) is 5.57 Å².